The fraction of sp³-hybridized carbons (Fsp3) is 0.200. The molecule has 1 rings (SSSR count). The van der Waals surface area contributed by atoms with Crippen LogP contribution in [0.1, 0.15) is 6.92 Å². The van der Waals surface area contributed by atoms with Gasteiger partial charge in [0.05, 0.1) is 0 Å². The van der Waals surface area contributed by atoms with Crippen LogP contribution in [0, 0.1) is 0 Å². The topological polar surface area (TPSA) is 92.4 Å². The molecule has 1 aromatic rings. The number of carboxylic acid groups (broad SMARTS) is 1. The highest BCUT2D eigenvalue weighted by molar-refractivity contribution is 5.89. The highest BCUT2D eigenvalue weighted by Gasteiger charge is 2.38. The Labute approximate surface area is 100 Å². The largest absolute Gasteiger partial charge is 0.490 e. The number of hydrogen-bond donors (Lipinski definition) is 3. The number of nitrogen functional groups attached to an aromatic ring is 1. The Bertz CT molecular complexity index is 433. The highest BCUT2D eigenvalue weighted by Crippen LogP contribution is 2.13. The number of hydrogen-bond acceptors (Lipinski definition) is 3. The zero-order chi connectivity index (χ0) is 14.3. The number of halogens is 3. The van der Waals surface area contributed by atoms with Crippen molar-refractivity contribution in [3.63, 3.8) is 0 Å². The third-order valence-corrected chi connectivity index (χ3v) is 1.45. The smallest absolute Gasteiger partial charge is 0.475 e. The van der Waals surface area contributed by atoms with Gasteiger partial charge in [0.2, 0.25) is 5.91 Å². The van der Waals surface area contributed by atoms with Crippen molar-refractivity contribution in [1.82, 2.24) is 0 Å². The molecule has 0 radical (unpaired) electrons. The van der Waals surface area contributed by atoms with Crippen LogP contribution in [-0.4, -0.2) is 23.2 Å². The quantitative estimate of drug-likeness (QED) is 0.675. The number of amides is 1. The van der Waals surface area contributed by atoms with E-state index in [0.717, 1.165) is 5.69 Å². The lowest BCUT2D eigenvalue weighted by Gasteiger charge is -2.01. The second kappa shape index (κ2) is 6.48. The molecule has 4 N–H and O–H groups in total. The van der Waals surface area contributed by atoms with E-state index in [9.17, 15) is 18.0 Å². The van der Waals surface area contributed by atoms with Crippen LogP contribution < -0.4 is 11.1 Å². The number of carbonyl (C=O) groups excluding carboxylic acids is 1. The number of alkyl halides is 3. The van der Waals surface area contributed by atoms with E-state index in [4.69, 9.17) is 15.6 Å². The molecule has 1 amide bonds. The van der Waals surface area contributed by atoms with Crippen molar-refractivity contribution in [1.29, 1.82) is 0 Å². The molecular weight excluding hydrogens is 253 g/mol. The molecule has 0 spiro atoms. The molecule has 0 aromatic heterocycles. The van der Waals surface area contributed by atoms with Crippen LogP contribution in [0.15, 0.2) is 24.3 Å². The number of nitrogens with one attached hydrogen (secondary N) is 1. The van der Waals surface area contributed by atoms with Gasteiger partial charge in [0.1, 0.15) is 0 Å². The van der Waals surface area contributed by atoms with Gasteiger partial charge in [0, 0.05) is 18.3 Å². The fourth-order valence-corrected chi connectivity index (χ4v) is 0.820. The van der Waals surface area contributed by atoms with Crippen molar-refractivity contribution < 1.29 is 27.9 Å². The van der Waals surface area contributed by atoms with E-state index in [2.05, 4.69) is 5.32 Å². The van der Waals surface area contributed by atoms with Crippen molar-refractivity contribution in [2.75, 3.05) is 11.1 Å². The van der Waals surface area contributed by atoms with Crippen molar-refractivity contribution in [2.45, 2.75) is 13.1 Å². The number of nitrogens with two attached hydrogens (primary N) is 1. The number of carbonyl (C=O) groups is 2. The number of benzene rings is 1. The summed E-state index contributed by atoms with van der Waals surface area (Å²) in [7, 11) is 0. The molecule has 5 nitrogen and oxygen atoms in total. The summed E-state index contributed by atoms with van der Waals surface area (Å²) in [6.45, 7) is 1.46. The summed E-state index contributed by atoms with van der Waals surface area (Å²) in [4.78, 5) is 19.5. The van der Waals surface area contributed by atoms with E-state index < -0.39 is 12.1 Å². The molecule has 18 heavy (non-hydrogen) atoms. The van der Waals surface area contributed by atoms with Crippen LogP contribution in [0.4, 0.5) is 24.5 Å². The first kappa shape index (κ1) is 15.8. The number of rotatable bonds is 1. The molecule has 0 aliphatic rings. The molecule has 8 heteroatoms. The highest BCUT2D eigenvalue weighted by atomic mass is 19.4. The van der Waals surface area contributed by atoms with E-state index in [1.807, 2.05) is 0 Å². The maximum absolute atomic E-state index is 10.6. The fourth-order valence-electron chi connectivity index (χ4n) is 0.820. The number of anilines is 2. The van der Waals surface area contributed by atoms with Gasteiger partial charge >= 0.3 is 12.1 Å². The number of aliphatic carboxylic acids is 1. The van der Waals surface area contributed by atoms with Gasteiger partial charge in [0.15, 0.2) is 0 Å². The van der Waals surface area contributed by atoms with E-state index in [1.165, 1.54) is 6.92 Å². The predicted molar refractivity (Wildman–Crippen MR) is 58.8 cm³/mol. The maximum atomic E-state index is 10.6. The van der Waals surface area contributed by atoms with Gasteiger partial charge < -0.3 is 16.2 Å². The minimum atomic E-state index is -5.08. The lowest BCUT2D eigenvalue weighted by molar-refractivity contribution is -0.192. The number of carboxylic acids is 1. The normalized spacial score (nSPS) is 10.0. The van der Waals surface area contributed by atoms with Gasteiger partial charge in [-0.2, -0.15) is 13.2 Å². The van der Waals surface area contributed by atoms with Crippen LogP contribution >= 0.6 is 0 Å². The Morgan fingerprint density at radius 1 is 1.33 bits per heavy atom. The van der Waals surface area contributed by atoms with Crippen LogP contribution in [0.3, 0.4) is 0 Å². The van der Waals surface area contributed by atoms with E-state index in [1.54, 1.807) is 24.3 Å². The Morgan fingerprint density at radius 2 is 1.83 bits per heavy atom. The van der Waals surface area contributed by atoms with Crippen molar-refractivity contribution in [2.24, 2.45) is 0 Å². The summed E-state index contributed by atoms with van der Waals surface area (Å²) < 4.78 is 31.7. The maximum Gasteiger partial charge on any atom is 0.490 e. The molecule has 0 fully saturated rings. The summed E-state index contributed by atoms with van der Waals surface area (Å²) in [6, 6.07) is 7.06. The van der Waals surface area contributed by atoms with Crippen molar-refractivity contribution in [3.8, 4) is 0 Å². The molecule has 0 saturated carbocycles. The lowest BCUT2D eigenvalue weighted by atomic mass is 10.3. The zero-order valence-corrected chi connectivity index (χ0v) is 9.28. The zero-order valence-electron chi connectivity index (χ0n) is 9.28. The SMILES string of the molecule is CC(=O)Nc1cccc(N)c1.O=C(O)C(F)(F)F. The molecule has 0 unspecified atom stereocenters. The monoisotopic (exact) mass is 264 g/mol. The predicted octanol–water partition coefficient (Wildman–Crippen LogP) is 1.86. The van der Waals surface area contributed by atoms with Crippen molar-refractivity contribution in [3.05, 3.63) is 24.3 Å². The first-order valence-corrected chi connectivity index (χ1v) is 4.56. The third-order valence-electron chi connectivity index (χ3n) is 1.45. The van der Waals surface area contributed by atoms with Crippen LogP contribution in [0.25, 0.3) is 0 Å². The van der Waals surface area contributed by atoms with Crippen molar-refractivity contribution >= 4 is 23.3 Å². The second-order valence-corrected chi connectivity index (χ2v) is 3.11. The van der Waals surface area contributed by atoms with Gasteiger partial charge in [-0.25, -0.2) is 4.79 Å². The van der Waals surface area contributed by atoms with Crippen LogP contribution in [-0.2, 0) is 9.59 Å². The Morgan fingerprint density at radius 3 is 2.17 bits per heavy atom. The van der Waals surface area contributed by atoms with Crippen LogP contribution in [0.2, 0.25) is 0 Å². The molecule has 0 bridgehead atoms. The minimum absolute atomic E-state index is 0.0874. The van der Waals surface area contributed by atoms with E-state index >= 15 is 0 Å². The average Bonchev–Trinajstić information content (AvgIpc) is 2.15. The molecular formula is C10H11F3N2O3. The van der Waals surface area contributed by atoms with E-state index in [-0.39, 0.29) is 5.91 Å². The summed E-state index contributed by atoms with van der Waals surface area (Å²) in [6.07, 6.45) is -5.08. The van der Waals surface area contributed by atoms with Gasteiger partial charge in [-0.15, -0.1) is 0 Å². The summed E-state index contributed by atoms with van der Waals surface area (Å²) in [5.41, 5.74) is 6.87. The van der Waals surface area contributed by atoms with Gasteiger partial charge in [-0.3, -0.25) is 4.79 Å². The standard InChI is InChI=1S/C8H10N2O.C2HF3O2/c1-6(11)10-8-4-2-3-7(9)5-8;3-2(4,5)1(6)7/h2-5H,9H2,1H3,(H,10,11);(H,6,7). The average molecular weight is 264 g/mol. The molecule has 0 saturated heterocycles. The molecule has 0 aliphatic carbocycles. The first-order chi connectivity index (χ1) is 8.12. The second-order valence-electron chi connectivity index (χ2n) is 3.11. The molecule has 0 aliphatic heterocycles. The molecule has 1 aromatic carbocycles. The van der Waals surface area contributed by atoms with E-state index in [0.29, 0.717) is 5.69 Å². The Balaban J connectivity index is 0.000000360. The Kier molecular flexibility index (Phi) is 5.67. The summed E-state index contributed by atoms with van der Waals surface area (Å²) in [5.74, 6) is -2.84. The van der Waals surface area contributed by atoms with Gasteiger partial charge in [-0.1, -0.05) is 6.07 Å². The van der Waals surface area contributed by atoms with Gasteiger partial charge in [0.25, 0.3) is 0 Å². The molecule has 100 valence electrons. The third kappa shape index (κ3) is 7.09. The summed E-state index contributed by atoms with van der Waals surface area (Å²) in [5, 5.41) is 9.75. The van der Waals surface area contributed by atoms with Crippen LogP contribution in [0.5, 0.6) is 0 Å². The molecule has 0 atom stereocenters. The van der Waals surface area contributed by atoms with Gasteiger partial charge in [-0.05, 0) is 18.2 Å². The summed E-state index contributed by atoms with van der Waals surface area (Å²) >= 11 is 0. The Hall–Kier alpha value is -2.25. The first-order valence-electron chi connectivity index (χ1n) is 4.56. The molecule has 0 heterocycles. The lowest BCUT2D eigenvalue weighted by Crippen LogP contribution is -2.21. The minimum Gasteiger partial charge on any atom is -0.475 e.